The lowest BCUT2D eigenvalue weighted by Crippen LogP contribution is -2.26. The number of halogens is 1. The van der Waals surface area contributed by atoms with Crippen LogP contribution in [0.5, 0.6) is 0 Å². The van der Waals surface area contributed by atoms with Crippen LogP contribution in [-0.4, -0.2) is 16.1 Å². The molecule has 1 atom stereocenters. The first-order chi connectivity index (χ1) is 8.58. The SMILES string of the molecule is Cc1ccc(C(=O)NC(C)c2cn[nH]c2)cc1Br. The van der Waals surface area contributed by atoms with Crippen LogP contribution < -0.4 is 5.32 Å². The van der Waals surface area contributed by atoms with Gasteiger partial charge in [-0.15, -0.1) is 0 Å². The third-order valence-electron chi connectivity index (χ3n) is 2.80. The maximum absolute atomic E-state index is 12.1. The van der Waals surface area contributed by atoms with Gasteiger partial charge in [0.25, 0.3) is 5.91 Å². The molecule has 94 valence electrons. The fraction of sp³-hybridized carbons (Fsp3) is 0.231. The number of hydrogen-bond donors (Lipinski definition) is 2. The van der Waals surface area contributed by atoms with Crippen LogP contribution in [0.25, 0.3) is 0 Å². The minimum Gasteiger partial charge on any atom is -0.345 e. The van der Waals surface area contributed by atoms with Crippen LogP contribution in [0, 0.1) is 6.92 Å². The minimum absolute atomic E-state index is 0.0728. The Kier molecular flexibility index (Phi) is 3.81. The summed E-state index contributed by atoms with van der Waals surface area (Å²) in [5, 5.41) is 9.52. The lowest BCUT2D eigenvalue weighted by Gasteiger charge is -2.12. The van der Waals surface area contributed by atoms with Crippen LogP contribution in [0.4, 0.5) is 0 Å². The Morgan fingerprint density at radius 2 is 2.28 bits per heavy atom. The van der Waals surface area contributed by atoms with Crippen molar-refractivity contribution in [3.63, 3.8) is 0 Å². The van der Waals surface area contributed by atoms with Crippen molar-refractivity contribution >= 4 is 21.8 Å². The zero-order valence-electron chi connectivity index (χ0n) is 10.2. The molecule has 2 aromatic rings. The number of aryl methyl sites for hydroxylation is 1. The molecule has 0 fully saturated rings. The van der Waals surface area contributed by atoms with E-state index in [0.29, 0.717) is 5.56 Å². The first-order valence-corrected chi connectivity index (χ1v) is 6.43. The Hall–Kier alpha value is -1.62. The first kappa shape index (κ1) is 12.8. The van der Waals surface area contributed by atoms with Gasteiger partial charge in [0.05, 0.1) is 12.2 Å². The van der Waals surface area contributed by atoms with Crippen molar-refractivity contribution in [2.75, 3.05) is 0 Å². The molecule has 0 spiro atoms. The number of rotatable bonds is 3. The Morgan fingerprint density at radius 1 is 1.50 bits per heavy atom. The maximum atomic E-state index is 12.1. The Morgan fingerprint density at radius 3 is 2.89 bits per heavy atom. The number of aromatic amines is 1. The Balaban J connectivity index is 2.10. The number of carbonyl (C=O) groups is 1. The lowest BCUT2D eigenvalue weighted by molar-refractivity contribution is 0.0940. The van der Waals surface area contributed by atoms with Crippen molar-refractivity contribution in [2.45, 2.75) is 19.9 Å². The summed E-state index contributed by atoms with van der Waals surface area (Å²) < 4.78 is 0.936. The summed E-state index contributed by atoms with van der Waals surface area (Å²) in [6.45, 7) is 3.91. The highest BCUT2D eigenvalue weighted by molar-refractivity contribution is 9.10. The number of carbonyl (C=O) groups excluding carboxylic acids is 1. The summed E-state index contributed by atoms with van der Waals surface area (Å²) in [5.41, 5.74) is 2.70. The molecule has 5 heteroatoms. The van der Waals surface area contributed by atoms with Crippen LogP contribution in [0.15, 0.2) is 35.1 Å². The average molecular weight is 308 g/mol. The smallest absolute Gasteiger partial charge is 0.251 e. The second-order valence-corrected chi connectivity index (χ2v) is 5.05. The number of amides is 1. The predicted octanol–water partition coefficient (Wildman–Crippen LogP) is 2.97. The van der Waals surface area contributed by atoms with Gasteiger partial charge in [0.1, 0.15) is 0 Å². The molecular weight excluding hydrogens is 294 g/mol. The molecule has 1 amide bonds. The highest BCUT2D eigenvalue weighted by atomic mass is 79.9. The summed E-state index contributed by atoms with van der Waals surface area (Å²) >= 11 is 3.42. The van der Waals surface area contributed by atoms with E-state index in [0.717, 1.165) is 15.6 Å². The Labute approximate surface area is 114 Å². The van der Waals surface area contributed by atoms with Crippen molar-refractivity contribution in [3.05, 3.63) is 51.8 Å². The number of H-pyrrole nitrogens is 1. The second-order valence-electron chi connectivity index (χ2n) is 4.19. The van der Waals surface area contributed by atoms with Crippen molar-refractivity contribution in [3.8, 4) is 0 Å². The van der Waals surface area contributed by atoms with E-state index in [1.165, 1.54) is 0 Å². The summed E-state index contributed by atoms with van der Waals surface area (Å²) in [4.78, 5) is 12.1. The number of aromatic nitrogens is 2. The molecule has 1 heterocycles. The van der Waals surface area contributed by atoms with E-state index in [2.05, 4.69) is 31.4 Å². The van der Waals surface area contributed by atoms with Crippen molar-refractivity contribution in [1.82, 2.24) is 15.5 Å². The largest absolute Gasteiger partial charge is 0.345 e. The fourth-order valence-electron chi connectivity index (χ4n) is 1.60. The summed E-state index contributed by atoms with van der Waals surface area (Å²) in [6.07, 6.45) is 3.48. The van der Waals surface area contributed by atoms with E-state index < -0.39 is 0 Å². The van der Waals surface area contributed by atoms with Gasteiger partial charge in [-0.3, -0.25) is 9.89 Å². The van der Waals surface area contributed by atoms with Crippen molar-refractivity contribution < 1.29 is 4.79 Å². The van der Waals surface area contributed by atoms with Crippen LogP contribution in [0.3, 0.4) is 0 Å². The molecule has 0 aliphatic carbocycles. The van der Waals surface area contributed by atoms with Crippen molar-refractivity contribution in [2.24, 2.45) is 0 Å². The molecule has 2 rings (SSSR count). The third-order valence-corrected chi connectivity index (χ3v) is 3.66. The molecule has 0 saturated heterocycles. The summed E-state index contributed by atoms with van der Waals surface area (Å²) in [5.74, 6) is -0.0931. The first-order valence-electron chi connectivity index (χ1n) is 5.63. The second kappa shape index (κ2) is 5.35. The molecule has 2 N–H and O–H groups in total. The maximum Gasteiger partial charge on any atom is 0.251 e. The molecule has 0 radical (unpaired) electrons. The molecule has 0 saturated carbocycles. The molecule has 1 unspecified atom stereocenters. The minimum atomic E-state index is -0.0931. The topological polar surface area (TPSA) is 57.8 Å². The van der Waals surface area contributed by atoms with Gasteiger partial charge in [0.2, 0.25) is 0 Å². The summed E-state index contributed by atoms with van der Waals surface area (Å²) in [7, 11) is 0. The van der Waals surface area contributed by atoms with E-state index >= 15 is 0 Å². The van der Waals surface area contributed by atoms with Gasteiger partial charge in [-0.2, -0.15) is 5.10 Å². The number of benzene rings is 1. The third kappa shape index (κ3) is 2.79. The lowest BCUT2D eigenvalue weighted by atomic mass is 10.1. The fourth-order valence-corrected chi connectivity index (χ4v) is 1.97. The van der Waals surface area contributed by atoms with E-state index in [4.69, 9.17) is 0 Å². The number of hydrogen-bond acceptors (Lipinski definition) is 2. The van der Waals surface area contributed by atoms with Crippen molar-refractivity contribution in [1.29, 1.82) is 0 Å². The molecule has 1 aromatic heterocycles. The van der Waals surface area contributed by atoms with Gasteiger partial charge in [0, 0.05) is 21.8 Å². The van der Waals surface area contributed by atoms with Crippen LogP contribution in [0.2, 0.25) is 0 Å². The van der Waals surface area contributed by atoms with E-state index in [-0.39, 0.29) is 11.9 Å². The molecular formula is C13H14BrN3O. The zero-order chi connectivity index (χ0) is 13.1. The molecule has 18 heavy (non-hydrogen) atoms. The van der Waals surface area contributed by atoms with Gasteiger partial charge < -0.3 is 5.32 Å². The average Bonchev–Trinajstić information content (AvgIpc) is 2.86. The number of nitrogens with one attached hydrogen (secondary N) is 2. The van der Waals surface area contributed by atoms with Crippen LogP contribution in [0.1, 0.15) is 34.5 Å². The van der Waals surface area contributed by atoms with E-state index in [1.807, 2.05) is 32.0 Å². The molecule has 0 bridgehead atoms. The van der Waals surface area contributed by atoms with Gasteiger partial charge in [-0.05, 0) is 31.5 Å². The zero-order valence-corrected chi connectivity index (χ0v) is 11.8. The van der Waals surface area contributed by atoms with Gasteiger partial charge in [-0.1, -0.05) is 22.0 Å². The van der Waals surface area contributed by atoms with E-state index in [1.54, 1.807) is 12.4 Å². The molecule has 4 nitrogen and oxygen atoms in total. The van der Waals surface area contributed by atoms with Gasteiger partial charge in [-0.25, -0.2) is 0 Å². The number of nitrogens with zero attached hydrogens (tertiary/aromatic N) is 1. The van der Waals surface area contributed by atoms with Crippen LogP contribution >= 0.6 is 15.9 Å². The van der Waals surface area contributed by atoms with E-state index in [9.17, 15) is 4.79 Å². The highest BCUT2D eigenvalue weighted by Crippen LogP contribution is 2.18. The Bertz CT molecular complexity index is 551. The van der Waals surface area contributed by atoms with Gasteiger partial charge >= 0.3 is 0 Å². The normalized spacial score (nSPS) is 12.2. The monoisotopic (exact) mass is 307 g/mol. The standard InChI is InChI=1S/C13H14BrN3O/c1-8-3-4-10(5-12(8)14)13(18)17-9(2)11-6-15-16-7-11/h3-7,9H,1-2H3,(H,15,16)(H,17,18). The molecule has 0 aliphatic rings. The quantitative estimate of drug-likeness (QED) is 0.916. The van der Waals surface area contributed by atoms with Crippen LogP contribution in [-0.2, 0) is 0 Å². The summed E-state index contributed by atoms with van der Waals surface area (Å²) in [6, 6.07) is 5.49. The van der Waals surface area contributed by atoms with Gasteiger partial charge in [0.15, 0.2) is 0 Å². The highest BCUT2D eigenvalue weighted by Gasteiger charge is 2.12. The molecule has 1 aromatic carbocycles. The predicted molar refractivity (Wildman–Crippen MR) is 73.3 cm³/mol. The molecule has 0 aliphatic heterocycles.